The molecule has 1 aromatic rings. The molecule has 0 amide bonds. The highest BCUT2D eigenvalue weighted by molar-refractivity contribution is 6.53. The number of aliphatic hydroxyl groups excluding tert-OH is 1. The van der Waals surface area contributed by atoms with Gasteiger partial charge in [-0.25, -0.2) is 0 Å². The highest BCUT2D eigenvalue weighted by Gasteiger charge is 2.25. The van der Waals surface area contributed by atoms with Crippen LogP contribution < -0.4 is 0 Å². The molecule has 0 aliphatic rings. The zero-order valence-corrected chi connectivity index (χ0v) is 12.0. The van der Waals surface area contributed by atoms with Gasteiger partial charge in [-0.05, 0) is 18.0 Å². The van der Waals surface area contributed by atoms with Crippen molar-refractivity contribution in [3.8, 4) is 0 Å². The van der Waals surface area contributed by atoms with Crippen LogP contribution in [-0.2, 0) is 9.16 Å². The third-order valence-electron chi connectivity index (χ3n) is 2.82. The fourth-order valence-electron chi connectivity index (χ4n) is 1.77. The molecule has 4 heteroatoms. The maximum absolute atomic E-state index is 10.3. The van der Waals surface area contributed by atoms with Crippen molar-refractivity contribution in [2.24, 2.45) is 0 Å². The van der Waals surface area contributed by atoms with Gasteiger partial charge in [-0.15, -0.1) is 0 Å². The van der Waals surface area contributed by atoms with E-state index < -0.39 is 14.8 Å². The lowest BCUT2D eigenvalue weighted by Crippen LogP contribution is -2.32. The summed E-state index contributed by atoms with van der Waals surface area (Å²) in [5.41, 5.74) is 0.474. The molecule has 0 aliphatic heterocycles. The van der Waals surface area contributed by atoms with Crippen LogP contribution in [0.3, 0.4) is 0 Å². The van der Waals surface area contributed by atoms with E-state index in [0.717, 1.165) is 18.0 Å². The molecule has 17 heavy (non-hydrogen) atoms. The minimum Gasteiger partial charge on any atom is -0.393 e. The lowest BCUT2D eigenvalue weighted by Gasteiger charge is -2.25. The lowest BCUT2D eigenvalue weighted by atomic mass is 10.2. The Morgan fingerprint density at radius 2 is 1.88 bits per heavy atom. The first-order chi connectivity index (χ1) is 8.22. The van der Waals surface area contributed by atoms with Crippen molar-refractivity contribution in [1.29, 1.82) is 0 Å². The summed E-state index contributed by atoms with van der Waals surface area (Å²) in [7, 11) is -0.0533. The summed E-state index contributed by atoms with van der Waals surface area (Å²) in [6, 6.07) is 10.6. The molecule has 0 heterocycles. The summed E-state index contributed by atoms with van der Waals surface area (Å²) >= 11 is 0. The molecule has 3 unspecified atom stereocenters. The normalized spacial score (nSPS) is 16.5. The molecule has 0 spiro atoms. The summed E-state index contributed by atoms with van der Waals surface area (Å²) in [6.07, 6.45) is 0.617. The van der Waals surface area contributed by atoms with E-state index in [1.807, 2.05) is 37.3 Å². The second-order valence-corrected chi connectivity index (χ2v) is 6.81. The zero-order chi connectivity index (χ0) is 12.7. The van der Waals surface area contributed by atoms with E-state index in [1.165, 1.54) is 0 Å². The Morgan fingerprint density at radius 1 is 1.24 bits per heavy atom. The van der Waals surface area contributed by atoms with E-state index in [0.29, 0.717) is 0 Å². The Hall–Kier alpha value is -0.683. The first kappa shape index (κ1) is 14.4. The maximum atomic E-state index is 10.3. The molecule has 1 aromatic carbocycles. The number of hydrogen-bond donors (Lipinski definition) is 1. The Bertz CT molecular complexity index is 301. The van der Waals surface area contributed by atoms with E-state index >= 15 is 0 Å². The average molecular weight is 254 g/mol. The Kier molecular flexibility index (Phi) is 6.43. The minimum absolute atomic E-state index is 0.190. The van der Waals surface area contributed by atoms with Gasteiger partial charge in [-0.2, -0.15) is 0 Å². The fraction of sp³-hybridized carbons (Fsp3) is 0.538. The standard InChI is InChI=1S/C13H22O3Si/c1-4-12(15-3)16-17(5-2)13(14)11-9-7-6-8-10-11/h6-10,12-14,17H,4-5H2,1-3H3. The van der Waals surface area contributed by atoms with Gasteiger partial charge in [0.15, 0.2) is 0 Å². The van der Waals surface area contributed by atoms with Crippen LogP contribution in [0.5, 0.6) is 0 Å². The van der Waals surface area contributed by atoms with Crippen molar-refractivity contribution in [3.63, 3.8) is 0 Å². The van der Waals surface area contributed by atoms with Gasteiger partial charge in [0.1, 0.15) is 6.29 Å². The van der Waals surface area contributed by atoms with Crippen LogP contribution in [0.2, 0.25) is 6.04 Å². The van der Waals surface area contributed by atoms with Gasteiger partial charge in [0, 0.05) is 7.11 Å². The van der Waals surface area contributed by atoms with Gasteiger partial charge in [0.25, 0.3) is 0 Å². The molecule has 1 rings (SSSR count). The summed E-state index contributed by atoms with van der Waals surface area (Å²) < 4.78 is 11.1. The van der Waals surface area contributed by atoms with Gasteiger partial charge in [0.2, 0.25) is 9.04 Å². The molecule has 0 aromatic heterocycles. The molecule has 0 saturated heterocycles. The van der Waals surface area contributed by atoms with E-state index in [2.05, 4.69) is 6.92 Å². The van der Waals surface area contributed by atoms with Gasteiger partial charge < -0.3 is 14.3 Å². The van der Waals surface area contributed by atoms with Crippen LogP contribution in [-0.4, -0.2) is 27.5 Å². The zero-order valence-electron chi connectivity index (χ0n) is 10.8. The Labute approximate surface area is 105 Å². The van der Waals surface area contributed by atoms with E-state index in [1.54, 1.807) is 7.11 Å². The number of ether oxygens (including phenoxy) is 1. The average Bonchev–Trinajstić information content (AvgIpc) is 2.40. The van der Waals surface area contributed by atoms with Crippen molar-refractivity contribution < 1.29 is 14.3 Å². The monoisotopic (exact) mass is 254 g/mol. The molecule has 0 fully saturated rings. The molecule has 96 valence electrons. The SMILES string of the molecule is CCC(OC)O[SiH](CC)C(O)c1ccccc1. The quantitative estimate of drug-likeness (QED) is 0.600. The molecular weight excluding hydrogens is 232 g/mol. The first-order valence-electron chi connectivity index (χ1n) is 6.14. The molecule has 1 N–H and O–H groups in total. The first-order valence-corrected chi connectivity index (χ1v) is 8.09. The highest BCUT2D eigenvalue weighted by atomic mass is 28.3. The van der Waals surface area contributed by atoms with Gasteiger partial charge in [0.05, 0.1) is 5.73 Å². The number of hydrogen-bond acceptors (Lipinski definition) is 3. The molecule has 0 radical (unpaired) electrons. The van der Waals surface area contributed by atoms with Crippen LogP contribution >= 0.6 is 0 Å². The van der Waals surface area contributed by atoms with Crippen LogP contribution in [0.25, 0.3) is 0 Å². The van der Waals surface area contributed by atoms with Crippen LogP contribution in [0.4, 0.5) is 0 Å². The van der Waals surface area contributed by atoms with Gasteiger partial charge >= 0.3 is 0 Å². The summed E-state index contributed by atoms with van der Waals surface area (Å²) in [5, 5.41) is 10.3. The third kappa shape index (κ3) is 4.24. The van der Waals surface area contributed by atoms with Crippen LogP contribution in [0, 0.1) is 0 Å². The smallest absolute Gasteiger partial charge is 0.213 e. The summed E-state index contributed by atoms with van der Waals surface area (Å²) in [4.78, 5) is 0. The van der Waals surface area contributed by atoms with Crippen molar-refractivity contribution in [2.75, 3.05) is 7.11 Å². The number of rotatable bonds is 7. The van der Waals surface area contributed by atoms with Crippen LogP contribution in [0.15, 0.2) is 30.3 Å². The molecule has 3 nitrogen and oxygen atoms in total. The summed E-state index contributed by atoms with van der Waals surface area (Å²) in [5.74, 6) is 0. The molecule has 0 bridgehead atoms. The second-order valence-electron chi connectivity index (χ2n) is 4.01. The van der Waals surface area contributed by atoms with Gasteiger partial charge in [-0.3, -0.25) is 0 Å². The largest absolute Gasteiger partial charge is 0.393 e. The van der Waals surface area contributed by atoms with Gasteiger partial charge in [-0.1, -0.05) is 44.2 Å². The van der Waals surface area contributed by atoms with Crippen molar-refractivity contribution in [2.45, 2.75) is 38.3 Å². The van der Waals surface area contributed by atoms with Crippen molar-refractivity contribution >= 4 is 9.04 Å². The predicted molar refractivity (Wildman–Crippen MR) is 71.2 cm³/mol. The molecule has 3 atom stereocenters. The topological polar surface area (TPSA) is 38.7 Å². The number of aliphatic hydroxyl groups is 1. The lowest BCUT2D eigenvalue weighted by molar-refractivity contribution is -0.0628. The Morgan fingerprint density at radius 3 is 2.35 bits per heavy atom. The van der Waals surface area contributed by atoms with Crippen molar-refractivity contribution in [1.82, 2.24) is 0 Å². The van der Waals surface area contributed by atoms with E-state index in [9.17, 15) is 5.11 Å². The second kappa shape index (κ2) is 7.61. The molecule has 0 saturated carbocycles. The number of benzene rings is 1. The third-order valence-corrected chi connectivity index (χ3v) is 5.37. The highest BCUT2D eigenvalue weighted by Crippen LogP contribution is 2.20. The fourth-order valence-corrected chi connectivity index (χ4v) is 3.90. The molecular formula is C13H22O3Si. The molecule has 0 aliphatic carbocycles. The van der Waals surface area contributed by atoms with Crippen LogP contribution in [0.1, 0.15) is 31.6 Å². The number of methoxy groups -OCH3 is 1. The predicted octanol–water partition coefficient (Wildman–Crippen LogP) is 2.40. The van der Waals surface area contributed by atoms with Crippen molar-refractivity contribution in [3.05, 3.63) is 35.9 Å². The Balaban J connectivity index is 2.67. The maximum Gasteiger partial charge on any atom is 0.213 e. The summed E-state index contributed by atoms with van der Waals surface area (Å²) in [6.45, 7) is 4.08. The van der Waals surface area contributed by atoms with E-state index in [4.69, 9.17) is 9.16 Å². The minimum atomic E-state index is -1.70. The van der Waals surface area contributed by atoms with E-state index in [-0.39, 0.29) is 6.29 Å².